The van der Waals surface area contributed by atoms with Gasteiger partial charge in [-0.25, -0.2) is 13.2 Å². The normalized spacial score (nSPS) is 16.6. The molecule has 1 N–H and O–H groups in total. The van der Waals surface area contributed by atoms with E-state index in [1.165, 1.54) is 10.9 Å². The fourth-order valence-corrected chi connectivity index (χ4v) is 3.30. The number of unbranched alkanes of at least 4 members (excludes halogenated alkanes) is 1. The first kappa shape index (κ1) is 21.8. The summed E-state index contributed by atoms with van der Waals surface area (Å²) in [5.74, 6) is -4.51. The van der Waals surface area contributed by atoms with Gasteiger partial charge in [-0.15, -0.1) is 5.10 Å². The molecule has 8 nitrogen and oxygen atoms in total. The average molecular weight is 426 g/mol. The van der Waals surface area contributed by atoms with Gasteiger partial charge in [-0.05, 0) is 18.9 Å². The highest BCUT2D eigenvalue weighted by Gasteiger charge is 2.28. The Kier molecular flexibility index (Phi) is 7.03. The Morgan fingerprint density at radius 1 is 1.17 bits per heavy atom. The summed E-state index contributed by atoms with van der Waals surface area (Å²) in [6.07, 6.45) is 2.61. The number of rotatable bonds is 8. The van der Waals surface area contributed by atoms with E-state index in [0.29, 0.717) is 38.6 Å². The number of hydrogen-bond donors (Lipinski definition) is 1. The van der Waals surface area contributed by atoms with Crippen LogP contribution in [-0.2, 0) is 20.9 Å². The number of benzene rings is 1. The molecule has 1 aliphatic heterocycles. The minimum Gasteiger partial charge on any atom is -0.481 e. The molecule has 0 radical (unpaired) electrons. The van der Waals surface area contributed by atoms with E-state index in [4.69, 9.17) is 9.84 Å². The van der Waals surface area contributed by atoms with Crippen LogP contribution in [-0.4, -0.2) is 62.7 Å². The highest BCUT2D eigenvalue weighted by Crippen LogP contribution is 2.23. The number of aliphatic carboxylic acids is 1. The van der Waals surface area contributed by atoms with Gasteiger partial charge < -0.3 is 14.7 Å². The number of carbonyl (C=O) groups is 2. The van der Waals surface area contributed by atoms with Gasteiger partial charge in [0.15, 0.2) is 11.6 Å². The molecular weight excluding hydrogens is 405 g/mol. The molecule has 11 heteroatoms. The van der Waals surface area contributed by atoms with Crippen molar-refractivity contribution < 1.29 is 32.6 Å². The van der Waals surface area contributed by atoms with E-state index in [-0.39, 0.29) is 36.6 Å². The number of morpholine rings is 1. The molecule has 2 aromatic rings. The summed E-state index contributed by atoms with van der Waals surface area (Å²) >= 11 is 0. The summed E-state index contributed by atoms with van der Waals surface area (Å²) in [7, 11) is 0. The second-order valence-electron chi connectivity index (χ2n) is 6.98. The highest BCUT2D eigenvalue weighted by atomic mass is 19.2. The van der Waals surface area contributed by atoms with Crippen molar-refractivity contribution >= 4 is 11.9 Å². The molecule has 1 aromatic carbocycles. The van der Waals surface area contributed by atoms with Crippen molar-refractivity contribution in [1.29, 1.82) is 0 Å². The molecule has 0 spiro atoms. The van der Waals surface area contributed by atoms with Gasteiger partial charge in [0, 0.05) is 31.1 Å². The van der Waals surface area contributed by atoms with Gasteiger partial charge in [-0.2, -0.15) is 0 Å². The van der Waals surface area contributed by atoms with Gasteiger partial charge in [0.2, 0.25) is 5.91 Å². The molecular formula is C19H21F3N4O4. The first-order chi connectivity index (χ1) is 14.3. The quantitative estimate of drug-likeness (QED) is 0.514. The zero-order valence-electron chi connectivity index (χ0n) is 16.1. The van der Waals surface area contributed by atoms with E-state index in [1.807, 2.05) is 0 Å². The molecule has 1 unspecified atom stereocenters. The van der Waals surface area contributed by atoms with Crippen molar-refractivity contribution in [2.75, 3.05) is 19.8 Å². The molecule has 1 saturated heterocycles. The van der Waals surface area contributed by atoms with Crippen molar-refractivity contribution in [3.8, 4) is 11.3 Å². The van der Waals surface area contributed by atoms with Gasteiger partial charge in [0.25, 0.3) is 0 Å². The number of aryl methyl sites for hydroxylation is 1. The molecule has 1 aliphatic rings. The van der Waals surface area contributed by atoms with Crippen LogP contribution in [0.15, 0.2) is 18.3 Å². The summed E-state index contributed by atoms with van der Waals surface area (Å²) in [4.78, 5) is 24.9. The fourth-order valence-electron chi connectivity index (χ4n) is 3.30. The molecule has 162 valence electrons. The van der Waals surface area contributed by atoms with Gasteiger partial charge in [0.1, 0.15) is 11.5 Å². The van der Waals surface area contributed by atoms with Gasteiger partial charge >= 0.3 is 5.97 Å². The predicted molar refractivity (Wildman–Crippen MR) is 97.8 cm³/mol. The number of amides is 1. The number of hydrogen-bond acceptors (Lipinski definition) is 5. The monoisotopic (exact) mass is 426 g/mol. The van der Waals surface area contributed by atoms with Crippen LogP contribution in [0.4, 0.5) is 13.2 Å². The Balaban J connectivity index is 1.50. The highest BCUT2D eigenvalue weighted by molar-refractivity contribution is 5.77. The summed E-state index contributed by atoms with van der Waals surface area (Å²) in [5.41, 5.74) is -0.112. The first-order valence-electron chi connectivity index (χ1n) is 9.49. The second-order valence-corrected chi connectivity index (χ2v) is 6.98. The number of halogens is 3. The smallest absolute Gasteiger partial charge is 0.305 e. The van der Waals surface area contributed by atoms with Crippen molar-refractivity contribution in [1.82, 2.24) is 19.9 Å². The summed E-state index contributed by atoms with van der Waals surface area (Å²) in [6.45, 7) is 1.35. The lowest BCUT2D eigenvalue weighted by atomic mass is 10.1. The van der Waals surface area contributed by atoms with Crippen molar-refractivity contribution in [2.24, 2.45) is 0 Å². The Morgan fingerprint density at radius 3 is 2.70 bits per heavy atom. The minimum absolute atomic E-state index is 0.0762. The summed E-state index contributed by atoms with van der Waals surface area (Å²) in [5, 5.41) is 16.6. The van der Waals surface area contributed by atoms with Crippen LogP contribution in [0, 0.1) is 17.5 Å². The fraction of sp³-hybridized carbons (Fsp3) is 0.474. The van der Waals surface area contributed by atoms with Crippen LogP contribution in [0.1, 0.15) is 25.7 Å². The van der Waals surface area contributed by atoms with Crippen molar-refractivity contribution in [3.63, 3.8) is 0 Å². The standard InChI is InChI=1S/C19H21F3N4O4/c20-14-9-16(22)15(21)8-13(14)17-10-25(24-23-17)4-2-1-3-18(27)26-5-6-30-11-12(26)7-19(28)29/h8-10,12H,1-7,11H2,(H,28,29). The Bertz CT molecular complexity index is 921. The topological polar surface area (TPSA) is 97.6 Å². The third-order valence-corrected chi connectivity index (χ3v) is 4.81. The second kappa shape index (κ2) is 9.70. The van der Waals surface area contributed by atoms with Crippen molar-refractivity contribution in [3.05, 3.63) is 35.8 Å². The van der Waals surface area contributed by atoms with E-state index in [2.05, 4.69) is 10.3 Å². The molecule has 2 heterocycles. The zero-order valence-corrected chi connectivity index (χ0v) is 16.1. The number of aromatic nitrogens is 3. The maximum atomic E-state index is 13.8. The maximum absolute atomic E-state index is 13.8. The largest absolute Gasteiger partial charge is 0.481 e. The number of carboxylic acids is 1. The molecule has 30 heavy (non-hydrogen) atoms. The molecule has 3 rings (SSSR count). The Hall–Kier alpha value is -2.95. The van der Waals surface area contributed by atoms with E-state index in [9.17, 15) is 22.8 Å². The van der Waals surface area contributed by atoms with Crippen molar-refractivity contribution in [2.45, 2.75) is 38.3 Å². The third kappa shape index (κ3) is 5.35. The number of carboxylic acid groups (broad SMARTS) is 1. The van der Waals surface area contributed by atoms with Gasteiger partial charge in [-0.3, -0.25) is 14.3 Å². The lowest BCUT2D eigenvalue weighted by molar-refractivity contribution is -0.146. The average Bonchev–Trinajstić information content (AvgIpc) is 3.16. The molecule has 0 bridgehead atoms. The molecule has 1 atom stereocenters. The van der Waals surface area contributed by atoms with E-state index in [1.54, 1.807) is 4.90 Å². The first-order valence-corrected chi connectivity index (χ1v) is 9.49. The van der Waals surface area contributed by atoms with E-state index in [0.717, 1.165) is 6.07 Å². The van der Waals surface area contributed by atoms with Crippen LogP contribution >= 0.6 is 0 Å². The number of ether oxygens (including phenoxy) is 1. The SMILES string of the molecule is O=C(O)CC1COCCN1C(=O)CCCCn1cc(-c2cc(F)c(F)cc2F)nn1. The van der Waals surface area contributed by atoms with Gasteiger partial charge in [0.05, 0.1) is 31.9 Å². The lowest BCUT2D eigenvalue weighted by Crippen LogP contribution is -2.49. The lowest BCUT2D eigenvalue weighted by Gasteiger charge is -2.35. The van der Waals surface area contributed by atoms with Crippen LogP contribution in [0.25, 0.3) is 11.3 Å². The maximum Gasteiger partial charge on any atom is 0.305 e. The molecule has 1 amide bonds. The van der Waals surface area contributed by atoms with E-state index >= 15 is 0 Å². The molecule has 1 aromatic heterocycles. The molecule has 0 saturated carbocycles. The molecule has 0 aliphatic carbocycles. The number of nitrogens with zero attached hydrogens (tertiary/aromatic N) is 4. The van der Waals surface area contributed by atoms with Crippen LogP contribution < -0.4 is 0 Å². The molecule has 1 fully saturated rings. The zero-order chi connectivity index (χ0) is 21.7. The number of carbonyl (C=O) groups excluding carboxylic acids is 1. The van der Waals surface area contributed by atoms with Crippen LogP contribution in [0.3, 0.4) is 0 Å². The Morgan fingerprint density at radius 2 is 1.93 bits per heavy atom. The minimum atomic E-state index is -1.28. The van der Waals surface area contributed by atoms with Gasteiger partial charge in [-0.1, -0.05) is 5.21 Å². The Labute approximate surface area is 170 Å². The summed E-state index contributed by atoms with van der Waals surface area (Å²) in [6, 6.07) is 0.721. The van der Waals surface area contributed by atoms with Crippen LogP contribution in [0.5, 0.6) is 0 Å². The van der Waals surface area contributed by atoms with Crippen LogP contribution in [0.2, 0.25) is 0 Å². The third-order valence-electron chi connectivity index (χ3n) is 4.81. The predicted octanol–water partition coefficient (Wildman–Crippen LogP) is 2.23. The van der Waals surface area contributed by atoms with E-state index < -0.39 is 29.5 Å². The summed E-state index contributed by atoms with van der Waals surface area (Å²) < 4.78 is 46.9.